The molecular weight excluding hydrogens is 210 g/mol. The van der Waals surface area contributed by atoms with Crippen molar-refractivity contribution in [2.24, 2.45) is 0 Å². The van der Waals surface area contributed by atoms with Crippen LogP contribution in [-0.2, 0) is 0 Å². The number of nitrogens with zero attached hydrogens (tertiary/aromatic N) is 2. The van der Waals surface area contributed by atoms with E-state index in [0.717, 1.165) is 16.3 Å². The molecular formula is C10H13N3OS. The highest BCUT2D eigenvalue weighted by molar-refractivity contribution is 7.13. The number of hydrogen-bond acceptors (Lipinski definition) is 5. The Morgan fingerprint density at radius 3 is 2.87 bits per heavy atom. The van der Waals surface area contributed by atoms with E-state index in [4.69, 9.17) is 4.42 Å². The zero-order chi connectivity index (χ0) is 10.8. The average Bonchev–Trinajstić information content (AvgIpc) is 2.84. The topological polar surface area (TPSA) is 51.0 Å². The van der Waals surface area contributed by atoms with E-state index in [1.807, 2.05) is 26.4 Å². The predicted molar refractivity (Wildman–Crippen MR) is 59.8 cm³/mol. The predicted octanol–water partition coefficient (Wildman–Crippen LogP) is 2.39. The van der Waals surface area contributed by atoms with Gasteiger partial charge in [0.25, 0.3) is 0 Å². The Labute approximate surface area is 92.4 Å². The summed E-state index contributed by atoms with van der Waals surface area (Å²) in [5.74, 6) is 1.51. The van der Waals surface area contributed by atoms with E-state index in [0.29, 0.717) is 5.89 Å². The molecule has 2 rings (SSSR count). The van der Waals surface area contributed by atoms with Gasteiger partial charge in [-0.3, -0.25) is 0 Å². The monoisotopic (exact) mass is 223 g/mol. The zero-order valence-electron chi connectivity index (χ0n) is 8.94. The molecule has 0 aromatic carbocycles. The summed E-state index contributed by atoms with van der Waals surface area (Å²) in [6.07, 6.45) is 1.75. The van der Waals surface area contributed by atoms with E-state index in [-0.39, 0.29) is 6.04 Å². The number of rotatable bonds is 3. The van der Waals surface area contributed by atoms with Gasteiger partial charge in [0.15, 0.2) is 5.76 Å². The Hall–Kier alpha value is -1.20. The molecule has 2 heterocycles. The number of aromatic nitrogens is 2. The lowest BCUT2D eigenvalue weighted by atomic mass is 10.3. The van der Waals surface area contributed by atoms with Gasteiger partial charge in [-0.2, -0.15) is 0 Å². The van der Waals surface area contributed by atoms with Crippen LogP contribution in [0.5, 0.6) is 0 Å². The summed E-state index contributed by atoms with van der Waals surface area (Å²) < 4.78 is 5.66. The van der Waals surface area contributed by atoms with E-state index in [1.165, 1.54) is 0 Å². The molecule has 0 aliphatic rings. The maximum Gasteiger partial charge on any atom is 0.211 e. The molecule has 2 aromatic heterocycles. The summed E-state index contributed by atoms with van der Waals surface area (Å²) in [6.45, 7) is 3.98. The minimum Gasteiger partial charge on any atom is -0.438 e. The Morgan fingerprint density at radius 1 is 1.47 bits per heavy atom. The molecule has 15 heavy (non-hydrogen) atoms. The van der Waals surface area contributed by atoms with Crippen molar-refractivity contribution >= 4 is 11.3 Å². The molecule has 0 aliphatic carbocycles. The van der Waals surface area contributed by atoms with Crippen LogP contribution in [0.15, 0.2) is 16.1 Å². The average molecular weight is 223 g/mol. The van der Waals surface area contributed by atoms with Gasteiger partial charge in [-0.05, 0) is 20.9 Å². The van der Waals surface area contributed by atoms with Crippen molar-refractivity contribution in [2.75, 3.05) is 7.05 Å². The molecule has 0 fully saturated rings. The van der Waals surface area contributed by atoms with Crippen molar-refractivity contribution < 1.29 is 4.42 Å². The van der Waals surface area contributed by atoms with E-state index in [1.54, 1.807) is 17.5 Å². The summed E-state index contributed by atoms with van der Waals surface area (Å²) in [4.78, 5) is 9.47. The number of nitrogens with one attached hydrogen (secondary N) is 1. The lowest BCUT2D eigenvalue weighted by Crippen LogP contribution is -2.12. The third-order valence-corrected chi connectivity index (χ3v) is 3.24. The largest absolute Gasteiger partial charge is 0.438 e. The third-order valence-electron chi connectivity index (χ3n) is 2.30. The van der Waals surface area contributed by atoms with Crippen molar-refractivity contribution in [1.82, 2.24) is 15.3 Å². The van der Waals surface area contributed by atoms with Crippen LogP contribution in [0, 0.1) is 6.92 Å². The fourth-order valence-corrected chi connectivity index (χ4v) is 2.00. The smallest absolute Gasteiger partial charge is 0.211 e. The van der Waals surface area contributed by atoms with Crippen molar-refractivity contribution in [1.29, 1.82) is 0 Å². The molecule has 0 aliphatic heterocycles. The molecule has 1 unspecified atom stereocenters. The molecule has 0 saturated carbocycles. The maximum absolute atomic E-state index is 5.66. The number of aryl methyl sites for hydroxylation is 1. The molecule has 4 nitrogen and oxygen atoms in total. The van der Waals surface area contributed by atoms with Crippen molar-refractivity contribution in [2.45, 2.75) is 19.9 Å². The second-order valence-electron chi connectivity index (χ2n) is 3.34. The lowest BCUT2D eigenvalue weighted by molar-refractivity contribution is 0.442. The lowest BCUT2D eigenvalue weighted by Gasteiger charge is -2.03. The first-order valence-corrected chi connectivity index (χ1v) is 5.63. The van der Waals surface area contributed by atoms with Crippen LogP contribution < -0.4 is 5.32 Å². The summed E-state index contributed by atoms with van der Waals surface area (Å²) in [6, 6.07) is 0.131. The fourth-order valence-electron chi connectivity index (χ4n) is 1.25. The van der Waals surface area contributed by atoms with Gasteiger partial charge in [0.05, 0.1) is 28.3 Å². The first-order valence-electron chi connectivity index (χ1n) is 4.76. The standard InChI is InChI=1S/C10H13N3OS/c1-6-9(15-5-13-6)8-4-12-10(14-8)7(2)11-3/h4-5,7,11H,1-3H3. The molecule has 0 saturated heterocycles. The van der Waals surface area contributed by atoms with Crippen LogP contribution in [-0.4, -0.2) is 17.0 Å². The highest BCUT2D eigenvalue weighted by Gasteiger charge is 2.13. The Morgan fingerprint density at radius 2 is 2.27 bits per heavy atom. The van der Waals surface area contributed by atoms with Gasteiger partial charge in [0.2, 0.25) is 5.89 Å². The molecule has 5 heteroatoms. The van der Waals surface area contributed by atoms with Crippen molar-refractivity contribution in [3.63, 3.8) is 0 Å². The normalized spacial score (nSPS) is 13.0. The summed E-state index contributed by atoms with van der Waals surface area (Å²) in [5.41, 5.74) is 2.80. The van der Waals surface area contributed by atoms with E-state index in [9.17, 15) is 0 Å². The quantitative estimate of drug-likeness (QED) is 0.868. The minimum atomic E-state index is 0.131. The first kappa shape index (κ1) is 10.3. The number of hydrogen-bond donors (Lipinski definition) is 1. The van der Waals surface area contributed by atoms with E-state index >= 15 is 0 Å². The van der Waals surface area contributed by atoms with Crippen LogP contribution in [0.4, 0.5) is 0 Å². The Kier molecular flexibility index (Phi) is 2.83. The fraction of sp³-hybridized carbons (Fsp3) is 0.400. The minimum absolute atomic E-state index is 0.131. The van der Waals surface area contributed by atoms with Gasteiger partial charge in [-0.25, -0.2) is 9.97 Å². The SMILES string of the molecule is CNC(C)c1ncc(-c2scnc2C)o1. The van der Waals surface area contributed by atoms with Crippen molar-refractivity contribution in [3.8, 4) is 10.6 Å². The summed E-state index contributed by atoms with van der Waals surface area (Å²) in [7, 11) is 1.88. The van der Waals surface area contributed by atoms with Gasteiger partial charge in [-0.1, -0.05) is 0 Å². The molecule has 0 bridgehead atoms. The van der Waals surface area contributed by atoms with Crippen LogP contribution in [0.2, 0.25) is 0 Å². The molecule has 1 N–H and O–H groups in total. The van der Waals surface area contributed by atoms with Gasteiger partial charge in [0.1, 0.15) is 0 Å². The first-order chi connectivity index (χ1) is 7.22. The van der Waals surface area contributed by atoms with Crippen LogP contribution in [0.3, 0.4) is 0 Å². The highest BCUT2D eigenvalue weighted by atomic mass is 32.1. The van der Waals surface area contributed by atoms with Crippen LogP contribution in [0.25, 0.3) is 10.6 Å². The second-order valence-corrected chi connectivity index (χ2v) is 4.19. The van der Waals surface area contributed by atoms with Gasteiger partial charge in [0, 0.05) is 0 Å². The number of oxazole rings is 1. The molecule has 0 spiro atoms. The summed E-state index contributed by atoms with van der Waals surface area (Å²) >= 11 is 1.57. The summed E-state index contributed by atoms with van der Waals surface area (Å²) in [5, 5.41) is 3.09. The Balaban J connectivity index is 2.32. The van der Waals surface area contributed by atoms with Crippen LogP contribution in [0.1, 0.15) is 24.6 Å². The zero-order valence-corrected chi connectivity index (χ0v) is 9.76. The number of thiazole rings is 1. The Bertz CT molecular complexity index is 449. The second kappa shape index (κ2) is 4.12. The molecule has 80 valence electrons. The highest BCUT2D eigenvalue weighted by Crippen LogP contribution is 2.28. The maximum atomic E-state index is 5.66. The van der Waals surface area contributed by atoms with Gasteiger partial charge >= 0.3 is 0 Å². The van der Waals surface area contributed by atoms with Crippen LogP contribution >= 0.6 is 11.3 Å². The van der Waals surface area contributed by atoms with Gasteiger partial charge < -0.3 is 9.73 Å². The molecule has 0 amide bonds. The molecule has 1 atom stereocenters. The van der Waals surface area contributed by atoms with E-state index < -0.39 is 0 Å². The van der Waals surface area contributed by atoms with E-state index in [2.05, 4.69) is 15.3 Å². The van der Waals surface area contributed by atoms with Crippen molar-refractivity contribution in [3.05, 3.63) is 23.3 Å². The molecule has 0 radical (unpaired) electrons. The molecule has 2 aromatic rings. The third kappa shape index (κ3) is 1.93. The van der Waals surface area contributed by atoms with Gasteiger partial charge in [-0.15, -0.1) is 11.3 Å².